The van der Waals surface area contributed by atoms with Gasteiger partial charge in [0.05, 0.1) is 19.2 Å². The van der Waals surface area contributed by atoms with E-state index in [2.05, 4.69) is 15.0 Å². The van der Waals surface area contributed by atoms with Crippen LogP contribution < -0.4 is 5.32 Å². The zero-order valence-electron chi connectivity index (χ0n) is 7.86. The number of rotatable bonds is 3. The fourth-order valence-electron chi connectivity index (χ4n) is 0.816. The van der Waals surface area contributed by atoms with Crippen molar-refractivity contribution in [1.29, 1.82) is 0 Å². The molecule has 0 aliphatic heterocycles. The first-order chi connectivity index (χ1) is 6.61. The summed E-state index contributed by atoms with van der Waals surface area (Å²) >= 11 is 1.28. The Labute approximate surface area is 85.1 Å². The van der Waals surface area contributed by atoms with Gasteiger partial charge in [-0.15, -0.1) is 11.3 Å². The molecule has 6 heteroatoms. The van der Waals surface area contributed by atoms with Crippen molar-refractivity contribution in [1.82, 2.24) is 4.98 Å². The minimum absolute atomic E-state index is 0.132. The number of methoxy groups -OCH3 is 1. The Kier molecular flexibility index (Phi) is 3.58. The van der Waals surface area contributed by atoms with Crippen molar-refractivity contribution >= 4 is 28.3 Å². The van der Waals surface area contributed by atoms with Crippen LogP contribution in [-0.4, -0.2) is 24.0 Å². The zero-order valence-corrected chi connectivity index (χ0v) is 8.68. The van der Waals surface area contributed by atoms with E-state index in [1.165, 1.54) is 25.4 Å². The fraction of sp³-hybridized carbons (Fsp3) is 0.375. The molecule has 0 unspecified atom stereocenters. The van der Waals surface area contributed by atoms with Crippen molar-refractivity contribution < 1.29 is 14.3 Å². The summed E-state index contributed by atoms with van der Waals surface area (Å²) in [4.78, 5) is 25.6. The number of carbonyl (C=O) groups excluding carboxylic acids is 2. The molecule has 0 spiro atoms. The van der Waals surface area contributed by atoms with Gasteiger partial charge in [-0.05, 0) is 0 Å². The first-order valence-corrected chi connectivity index (χ1v) is 4.78. The van der Waals surface area contributed by atoms with Crippen LogP contribution in [0.25, 0.3) is 0 Å². The number of esters is 1. The molecule has 0 bridgehead atoms. The largest absolute Gasteiger partial charge is 0.469 e. The molecular weight excluding hydrogens is 204 g/mol. The van der Waals surface area contributed by atoms with Crippen molar-refractivity contribution in [3.63, 3.8) is 0 Å². The van der Waals surface area contributed by atoms with Crippen LogP contribution in [0.3, 0.4) is 0 Å². The van der Waals surface area contributed by atoms with E-state index in [4.69, 9.17) is 0 Å². The standard InChI is InChI=1S/C8H10N2O3S/c1-5(11)9-8-10-6(4-14-8)3-7(12)13-2/h4H,3H2,1-2H3,(H,9,10,11). The molecule has 0 radical (unpaired) electrons. The lowest BCUT2D eigenvalue weighted by atomic mass is 10.3. The number of thiazole rings is 1. The van der Waals surface area contributed by atoms with Gasteiger partial charge in [-0.1, -0.05) is 0 Å². The summed E-state index contributed by atoms with van der Waals surface area (Å²) in [6.07, 6.45) is 0.132. The second-order valence-corrected chi connectivity index (χ2v) is 3.44. The molecule has 1 rings (SSSR count). The van der Waals surface area contributed by atoms with Gasteiger partial charge in [-0.25, -0.2) is 4.98 Å². The van der Waals surface area contributed by atoms with Gasteiger partial charge in [0, 0.05) is 12.3 Å². The van der Waals surface area contributed by atoms with Gasteiger partial charge >= 0.3 is 5.97 Å². The molecule has 1 N–H and O–H groups in total. The maximum absolute atomic E-state index is 10.9. The molecule has 1 heterocycles. The van der Waals surface area contributed by atoms with Gasteiger partial charge in [-0.3, -0.25) is 9.59 Å². The van der Waals surface area contributed by atoms with E-state index in [9.17, 15) is 9.59 Å². The fourth-order valence-corrected chi connectivity index (χ4v) is 1.57. The highest BCUT2D eigenvalue weighted by Crippen LogP contribution is 2.15. The smallest absolute Gasteiger partial charge is 0.311 e. The van der Waals surface area contributed by atoms with E-state index >= 15 is 0 Å². The number of hydrogen-bond donors (Lipinski definition) is 1. The van der Waals surface area contributed by atoms with E-state index in [-0.39, 0.29) is 18.3 Å². The Morgan fingerprint density at radius 1 is 1.64 bits per heavy atom. The lowest BCUT2D eigenvalue weighted by Crippen LogP contribution is -2.07. The van der Waals surface area contributed by atoms with Crippen molar-refractivity contribution in [2.24, 2.45) is 0 Å². The van der Waals surface area contributed by atoms with Crippen molar-refractivity contribution in [3.8, 4) is 0 Å². The minimum Gasteiger partial charge on any atom is -0.469 e. The number of anilines is 1. The Bertz CT molecular complexity index is 348. The van der Waals surface area contributed by atoms with Gasteiger partial charge < -0.3 is 10.1 Å². The van der Waals surface area contributed by atoms with E-state index < -0.39 is 0 Å². The number of hydrogen-bond acceptors (Lipinski definition) is 5. The summed E-state index contributed by atoms with van der Waals surface area (Å²) in [5.74, 6) is -0.520. The summed E-state index contributed by atoms with van der Waals surface area (Å²) in [7, 11) is 1.32. The molecule has 0 atom stereocenters. The number of ether oxygens (including phenoxy) is 1. The monoisotopic (exact) mass is 214 g/mol. The van der Waals surface area contributed by atoms with Crippen molar-refractivity contribution in [2.45, 2.75) is 13.3 Å². The van der Waals surface area contributed by atoms with Crippen molar-refractivity contribution in [3.05, 3.63) is 11.1 Å². The molecule has 0 saturated heterocycles. The van der Waals surface area contributed by atoms with Crippen LogP contribution in [0.5, 0.6) is 0 Å². The summed E-state index contributed by atoms with van der Waals surface area (Å²) in [5.41, 5.74) is 0.602. The highest BCUT2D eigenvalue weighted by Gasteiger charge is 2.07. The lowest BCUT2D eigenvalue weighted by molar-refractivity contribution is -0.139. The predicted octanol–water partition coefficient (Wildman–Crippen LogP) is 0.817. The molecule has 0 saturated carbocycles. The molecule has 76 valence electrons. The summed E-state index contributed by atoms with van der Waals surface area (Å²) in [6.45, 7) is 1.40. The number of amides is 1. The molecule has 0 fully saturated rings. The third kappa shape index (κ3) is 3.14. The SMILES string of the molecule is COC(=O)Cc1csc(NC(C)=O)n1. The van der Waals surface area contributed by atoms with Crippen LogP contribution in [0.1, 0.15) is 12.6 Å². The molecule has 5 nitrogen and oxygen atoms in total. The van der Waals surface area contributed by atoms with E-state index in [1.54, 1.807) is 5.38 Å². The van der Waals surface area contributed by atoms with Crippen LogP contribution in [0.4, 0.5) is 5.13 Å². The van der Waals surface area contributed by atoms with E-state index in [0.29, 0.717) is 10.8 Å². The van der Waals surface area contributed by atoms with Gasteiger partial charge in [0.2, 0.25) is 5.91 Å². The molecule has 1 aromatic rings. The molecule has 0 aliphatic rings. The summed E-state index contributed by atoms with van der Waals surface area (Å²) in [5, 5.41) is 4.74. The minimum atomic E-state index is -0.343. The van der Waals surface area contributed by atoms with E-state index in [1.807, 2.05) is 0 Å². The first-order valence-electron chi connectivity index (χ1n) is 3.90. The topological polar surface area (TPSA) is 68.3 Å². The van der Waals surface area contributed by atoms with Crippen LogP contribution in [0.15, 0.2) is 5.38 Å². The normalized spacial score (nSPS) is 9.57. The van der Waals surface area contributed by atoms with E-state index in [0.717, 1.165) is 0 Å². The number of nitrogens with zero attached hydrogens (tertiary/aromatic N) is 1. The van der Waals surface area contributed by atoms with Gasteiger partial charge in [0.25, 0.3) is 0 Å². The van der Waals surface area contributed by atoms with Crippen LogP contribution >= 0.6 is 11.3 Å². The van der Waals surface area contributed by atoms with Gasteiger partial charge in [0.1, 0.15) is 0 Å². The maximum atomic E-state index is 10.9. The Balaban J connectivity index is 2.59. The molecule has 0 aliphatic carbocycles. The third-order valence-corrected chi connectivity index (χ3v) is 2.19. The quantitative estimate of drug-likeness (QED) is 0.756. The summed E-state index contributed by atoms with van der Waals surface area (Å²) in [6, 6.07) is 0. The van der Waals surface area contributed by atoms with Crippen LogP contribution in [0, 0.1) is 0 Å². The maximum Gasteiger partial charge on any atom is 0.311 e. The average molecular weight is 214 g/mol. The number of carbonyl (C=O) groups is 2. The van der Waals surface area contributed by atoms with Crippen LogP contribution in [-0.2, 0) is 20.7 Å². The van der Waals surface area contributed by atoms with Gasteiger partial charge in [0.15, 0.2) is 5.13 Å². The molecular formula is C8H10N2O3S. The number of aromatic nitrogens is 1. The first kappa shape index (κ1) is 10.6. The second-order valence-electron chi connectivity index (χ2n) is 2.58. The molecule has 1 aromatic heterocycles. The second kappa shape index (κ2) is 4.71. The summed E-state index contributed by atoms with van der Waals surface area (Å²) < 4.78 is 4.48. The number of nitrogens with one attached hydrogen (secondary N) is 1. The Hall–Kier alpha value is -1.43. The predicted molar refractivity (Wildman–Crippen MR) is 52.1 cm³/mol. The highest BCUT2D eigenvalue weighted by molar-refractivity contribution is 7.13. The van der Waals surface area contributed by atoms with Crippen LogP contribution in [0.2, 0.25) is 0 Å². The zero-order chi connectivity index (χ0) is 10.6. The van der Waals surface area contributed by atoms with Crippen molar-refractivity contribution in [2.75, 3.05) is 12.4 Å². The molecule has 14 heavy (non-hydrogen) atoms. The lowest BCUT2D eigenvalue weighted by Gasteiger charge is -1.95. The average Bonchev–Trinajstić information content (AvgIpc) is 2.51. The molecule has 1 amide bonds. The highest BCUT2D eigenvalue weighted by atomic mass is 32.1. The Morgan fingerprint density at radius 3 is 2.93 bits per heavy atom. The Morgan fingerprint density at radius 2 is 2.36 bits per heavy atom. The molecule has 0 aromatic carbocycles. The third-order valence-electron chi connectivity index (χ3n) is 1.39. The van der Waals surface area contributed by atoms with Gasteiger partial charge in [-0.2, -0.15) is 0 Å².